The molecule has 0 aliphatic heterocycles. The highest BCUT2D eigenvalue weighted by molar-refractivity contribution is 5.94. The summed E-state index contributed by atoms with van der Waals surface area (Å²) in [6, 6.07) is 12.7. The minimum Gasteiger partial charge on any atom is -0.373 e. The zero-order chi connectivity index (χ0) is 15.2. The van der Waals surface area contributed by atoms with Crippen LogP contribution in [0.5, 0.6) is 0 Å². The first-order chi connectivity index (χ1) is 10.1. The van der Waals surface area contributed by atoms with E-state index in [1.54, 1.807) is 37.4 Å². The van der Waals surface area contributed by atoms with E-state index in [2.05, 4.69) is 21.7 Å². The zero-order valence-electron chi connectivity index (χ0n) is 12.0. The van der Waals surface area contributed by atoms with Gasteiger partial charge in [-0.25, -0.2) is 4.98 Å². The first-order valence-corrected chi connectivity index (χ1v) is 6.56. The normalized spacial score (nSPS) is 9.76. The number of nitrogens with zero attached hydrogens (tertiary/aromatic N) is 2. The first-order valence-electron chi connectivity index (χ1n) is 6.56. The average Bonchev–Trinajstić information content (AvgIpc) is 2.52. The molecule has 106 valence electrons. The molecule has 0 spiro atoms. The molecule has 2 aromatic rings. The number of hydrogen-bond donors (Lipinski definition) is 2. The highest BCUT2D eigenvalue weighted by Crippen LogP contribution is 2.10. The van der Waals surface area contributed by atoms with Gasteiger partial charge in [-0.15, -0.1) is 0 Å². The van der Waals surface area contributed by atoms with E-state index < -0.39 is 0 Å². The van der Waals surface area contributed by atoms with Gasteiger partial charge in [0.1, 0.15) is 5.82 Å². The van der Waals surface area contributed by atoms with Crippen molar-refractivity contribution in [3.63, 3.8) is 0 Å². The van der Waals surface area contributed by atoms with Crippen LogP contribution in [0.4, 0.5) is 5.82 Å². The van der Waals surface area contributed by atoms with Crippen LogP contribution in [-0.4, -0.2) is 17.9 Å². The molecule has 0 saturated heterocycles. The molecule has 1 aromatic heterocycles. The topological polar surface area (TPSA) is 77.8 Å². The molecule has 0 bridgehead atoms. The van der Waals surface area contributed by atoms with Crippen molar-refractivity contribution in [2.75, 3.05) is 12.4 Å². The number of aromatic nitrogens is 1. The maximum atomic E-state index is 12.2. The van der Waals surface area contributed by atoms with Gasteiger partial charge in [0, 0.05) is 24.8 Å². The van der Waals surface area contributed by atoms with Crippen molar-refractivity contribution in [3.05, 3.63) is 58.8 Å². The summed E-state index contributed by atoms with van der Waals surface area (Å²) in [5.41, 5.74) is 2.81. The molecular formula is C16H16N4O. The molecule has 0 aliphatic carbocycles. The first kappa shape index (κ1) is 14.5. The highest BCUT2D eigenvalue weighted by atomic mass is 16.1. The number of aryl methyl sites for hydroxylation is 1. The van der Waals surface area contributed by atoms with Gasteiger partial charge in [0.25, 0.3) is 5.91 Å². The monoisotopic (exact) mass is 280 g/mol. The largest absolute Gasteiger partial charge is 0.373 e. The molecule has 1 amide bonds. The molecule has 0 fully saturated rings. The standard InChI is InChI=1S/C16H16N4O/c1-11-6-14(8-15(18-2)20-11)16(21)19-10-13-5-3-4-12(7-13)9-17/h3-8H,10H2,1-2H3,(H,18,20)(H,19,21). The number of hydrogen-bond acceptors (Lipinski definition) is 4. The molecule has 0 saturated carbocycles. The minimum absolute atomic E-state index is 0.167. The van der Waals surface area contributed by atoms with Gasteiger partial charge in [-0.3, -0.25) is 4.79 Å². The third kappa shape index (κ3) is 3.80. The van der Waals surface area contributed by atoms with E-state index >= 15 is 0 Å². The van der Waals surface area contributed by atoms with Gasteiger partial charge in [-0.05, 0) is 36.8 Å². The van der Waals surface area contributed by atoms with Crippen molar-refractivity contribution >= 4 is 11.7 Å². The summed E-state index contributed by atoms with van der Waals surface area (Å²) in [7, 11) is 1.76. The number of pyridine rings is 1. The van der Waals surface area contributed by atoms with Gasteiger partial charge >= 0.3 is 0 Å². The lowest BCUT2D eigenvalue weighted by molar-refractivity contribution is 0.0950. The summed E-state index contributed by atoms with van der Waals surface area (Å²) in [4.78, 5) is 16.4. The smallest absolute Gasteiger partial charge is 0.251 e. The second-order valence-corrected chi connectivity index (χ2v) is 4.63. The summed E-state index contributed by atoms with van der Waals surface area (Å²) in [5.74, 6) is 0.492. The lowest BCUT2D eigenvalue weighted by Gasteiger charge is -2.08. The number of amides is 1. The van der Waals surface area contributed by atoms with E-state index in [1.165, 1.54) is 0 Å². The number of benzene rings is 1. The Labute approximate surface area is 123 Å². The van der Waals surface area contributed by atoms with Crippen LogP contribution in [0.3, 0.4) is 0 Å². The van der Waals surface area contributed by atoms with Gasteiger partial charge in [0.2, 0.25) is 0 Å². The molecule has 1 heterocycles. The second-order valence-electron chi connectivity index (χ2n) is 4.63. The molecule has 5 nitrogen and oxygen atoms in total. The van der Waals surface area contributed by atoms with Crippen LogP contribution in [0.25, 0.3) is 0 Å². The van der Waals surface area contributed by atoms with Gasteiger partial charge in [-0.1, -0.05) is 12.1 Å². The molecule has 5 heteroatoms. The van der Waals surface area contributed by atoms with E-state index in [1.807, 2.05) is 13.0 Å². The summed E-state index contributed by atoms with van der Waals surface area (Å²) in [6.45, 7) is 2.22. The zero-order valence-corrected chi connectivity index (χ0v) is 12.0. The number of rotatable bonds is 4. The highest BCUT2D eigenvalue weighted by Gasteiger charge is 2.08. The molecule has 21 heavy (non-hydrogen) atoms. The van der Waals surface area contributed by atoms with Crippen LogP contribution in [0, 0.1) is 18.3 Å². The Balaban J connectivity index is 2.08. The summed E-state index contributed by atoms with van der Waals surface area (Å²) in [6.07, 6.45) is 0. The maximum absolute atomic E-state index is 12.2. The Hall–Kier alpha value is -2.87. The van der Waals surface area contributed by atoms with Gasteiger partial charge in [0.05, 0.1) is 11.6 Å². The van der Waals surface area contributed by atoms with Crippen molar-refractivity contribution in [2.45, 2.75) is 13.5 Å². The van der Waals surface area contributed by atoms with Crippen molar-refractivity contribution in [3.8, 4) is 6.07 Å². The molecule has 0 atom stereocenters. The Kier molecular flexibility index (Phi) is 4.52. The molecule has 2 rings (SSSR count). The van der Waals surface area contributed by atoms with Crippen LogP contribution in [-0.2, 0) is 6.54 Å². The molecule has 2 N–H and O–H groups in total. The Morgan fingerprint density at radius 2 is 2.14 bits per heavy atom. The summed E-state index contributed by atoms with van der Waals surface area (Å²) >= 11 is 0. The fourth-order valence-corrected chi connectivity index (χ4v) is 1.96. The predicted molar refractivity (Wildman–Crippen MR) is 80.8 cm³/mol. The minimum atomic E-state index is -0.167. The number of nitriles is 1. The van der Waals surface area contributed by atoms with Crippen LogP contribution in [0.1, 0.15) is 27.2 Å². The fourth-order valence-electron chi connectivity index (χ4n) is 1.96. The Bertz CT molecular complexity index is 704. The van der Waals surface area contributed by atoms with Gasteiger partial charge < -0.3 is 10.6 Å². The van der Waals surface area contributed by atoms with Crippen molar-refractivity contribution in [1.82, 2.24) is 10.3 Å². The number of anilines is 1. The maximum Gasteiger partial charge on any atom is 0.251 e. The molecule has 0 unspecified atom stereocenters. The van der Waals surface area contributed by atoms with E-state index in [9.17, 15) is 4.79 Å². The average molecular weight is 280 g/mol. The molecule has 1 aromatic carbocycles. The van der Waals surface area contributed by atoms with E-state index in [0.717, 1.165) is 11.3 Å². The fraction of sp³-hybridized carbons (Fsp3) is 0.188. The summed E-state index contributed by atoms with van der Waals surface area (Å²) < 4.78 is 0. The predicted octanol–water partition coefficient (Wildman–Crippen LogP) is 2.23. The second kappa shape index (κ2) is 6.53. The quantitative estimate of drug-likeness (QED) is 0.900. The number of carbonyl (C=O) groups is 1. The number of nitrogens with one attached hydrogen (secondary N) is 2. The molecular weight excluding hydrogens is 264 g/mol. The lowest BCUT2D eigenvalue weighted by atomic mass is 10.1. The SMILES string of the molecule is CNc1cc(C(=O)NCc2cccc(C#N)c2)cc(C)n1. The third-order valence-electron chi connectivity index (χ3n) is 2.98. The number of carbonyl (C=O) groups excluding carboxylic acids is 1. The van der Waals surface area contributed by atoms with Gasteiger partial charge in [-0.2, -0.15) is 5.26 Å². The van der Waals surface area contributed by atoms with Crippen LogP contribution in [0.2, 0.25) is 0 Å². The van der Waals surface area contributed by atoms with Crippen LogP contribution in [0.15, 0.2) is 36.4 Å². The molecule has 0 radical (unpaired) electrons. The molecule has 0 aliphatic rings. The van der Waals surface area contributed by atoms with E-state index in [0.29, 0.717) is 23.5 Å². The third-order valence-corrected chi connectivity index (χ3v) is 2.98. The lowest BCUT2D eigenvalue weighted by Crippen LogP contribution is -2.23. The van der Waals surface area contributed by atoms with Crippen molar-refractivity contribution in [1.29, 1.82) is 5.26 Å². The van der Waals surface area contributed by atoms with E-state index in [4.69, 9.17) is 5.26 Å². The van der Waals surface area contributed by atoms with Crippen LogP contribution >= 0.6 is 0 Å². The summed E-state index contributed by atoms with van der Waals surface area (Å²) in [5, 5.41) is 14.6. The van der Waals surface area contributed by atoms with Gasteiger partial charge in [0.15, 0.2) is 0 Å². The van der Waals surface area contributed by atoms with Crippen molar-refractivity contribution < 1.29 is 4.79 Å². The Morgan fingerprint density at radius 3 is 2.86 bits per heavy atom. The Morgan fingerprint density at radius 1 is 1.33 bits per heavy atom. The van der Waals surface area contributed by atoms with Crippen molar-refractivity contribution in [2.24, 2.45) is 0 Å². The van der Waals surface area contributed by atoms with Crippen LogP contribution < -0.4 is 10.6 Å². The van der Waals surface area contributed by atoms with E-state index in [-0.39, 0.29) is 5.91 Å².